The van der Waals surface area contributed by atoms with Gasteiger partial charge in [-0.2, -0.15) is 0 Å². The summed E-state index contributed by atoms with van der Waals surface area (Å²) in [5, 5.41) is 17.4. The Morgan fingerprint density at radius 3 is 2.29 bits per heavy atom. The van der Waals surface area contributed by atoms with E-state index < -0.39 is 17.8 Å². The van der Waals surface area contributed by atoms with Gasteiger partial charge in [-0.15, -0.1) is 0 Å². The topological polar surface area (TPSA) is 118 Å². The van der Waals surface area contributed by atoms with Crippen molar-refractivity contribution in [2.24, 2.45) is 0 Å². The molecule has 0 atom stereocenters. The highest BCUT2D eigenvalue weighted by Crippen LogP contribution is 2.04. The van der Waals surface area contributed by atoms with Crippen LogP contribution in [0.15, 0.2) is 0 Å². The number of rotatable bonds is 7. The SMILES string of the molecule is CCN(CC(=O)O)CC(=O)N1CCN(CC(=O)O)C(=O)C1. The predicted molar refractivity (Wildman–Crippen MR) is 70.5 cm³/mol. The van der Waals surface area contributed by atoms with Crippen molar-refractivity contribution in [3.05, 3.63) is 0 Å². The van der Waals surface area contributed by atoms with Gasteiger partial charge in [0.1, 0.15) is 6.54 Å². The molecule has 0 bridgehead atoms. The number of carbonyl (C=O) groups excluding carboxylic acids is 2. The first-order valence-corrected chi connectivity index (χ1v) is 6.55. The zero-order valence-electron chi connectivity index (χ0n) is 11.8. The van der Waals surface area contributed by atoms with Crippen LogP contribution in [0.1, 0.15) is 6.92 Å². The van der Waals surface area contributed by atoms with Gasteiger partial charge in [0, 0.05) is 13.1 Å². The highest BCUT2D eigenvalue weighted by molar-refractivity contribution is 5.88. The molecular formula is C12H19N3O6. The zero-order valence-corrected chi connectivity index (χ0v) is 11.8. The minimum absolute atomic E-state index is 0.0744. The van der Waals surface area contributed by atoms with Gasteiger partial charge in [-0.1, -0.05) is 6.92 Å². The Morgan fingerprint density at radius 1 is 1.14 bits per heavy atom. The van der Waals surface area contributed by atoms with E-state index in [1.807, 2.05) is 0 Å². The number of nitrogens with zero attached hydrogens (tertiary/aromatic N) is 3. The van der Waals surface area contributed by atoms with Crippen LogP contribution >= 0.6 is 0 Å². The highest BCUT2D eigenvalue weighted by atomic mass is 16.4. The lowest BCUT2D eigenvalue weighted by Crippen LogP contribution is -2.55. The van der Waals surface area contributed by atoms with E-state index in [1.54, 1.807) is 6.92 Å². The van der Waals surface area contributed by atoms with Crippen LogP contribution < -0.4 is 0 Å². The molecule has 0 aromatic rings. The van der Waals surface area contributed by atoms with Gasteiger partial charge in [0.2, 0.25) is 11.8 Å². The van der Waals surface area contributed by atoms with E-state index in [0.29, 0.717) is 6.54 Å². The Balaban J connectivity index is 2.51. The monoisotopic (exact) mass is 301 g/mol. The van der Waals surface area contributed by atoms with Gasteiger partial charge in [-0.3, -0.25) is 24.1 Å². The lowest BCUT2D eigenvalue weighted by Gasteiger charge is -2.34. The van der Waals surface area contributed by atoms with Crippen LogP contribution in [-0.2, 0) is 19.2 Å². The van der Waals surface area contributed by atoms with Gasteiger partial charge < -0.3 is 20.0 Å². The highest BCUT2D eigenvalue weighted by Gasteiger charge is 2.28. The Morgan fingerprint density at radius 2 is 1.81 bits per heavy atom. The van der Waals surface area contributed by atoms with Crippen LogP contribution in [0.25, 0.3) is 0 Å². The number of aliphatic carboxylic acids is 2. The fraction of sp³-hybridized carbons (Fsp3) is 0.667. The number of hydrogen-bond donors (Lipinski definition) is 2. The number of likely N-dealkylation sites (N-methyl/N-ethyl adjacent to an activating group) is 1. The smallest absolute Gasteiger partial charge is 0.323 e. The molecule has 2 N–H and O–H groups in total. The van der Waals surface area contributed by atoms with Crippen molar-refractivity contribution in [2.45, 2.75) is 6.92 Å². The van der Waals surface area contributed by atoms with Crippen LogP contribution in [0.4, 0.5) is 0 Å². The number of piperazine rings is 1. The molecule has 0 aliphatic carbocycles. The molecular weight excluding hydrogens is 282 g/mol. The lowest BCUT2D eigenvalue weighted by molar-refractivity contribution is -0.150. The molecule has 0 spiro atoms. The van der Waals surface area contributed by atoms with Gasteiger partial charge in [0.15, 0.2) is 0 Å². The lowest BCUT2D eigenvalue weighted by atomic mass is 10.3. The molecule has 0 radical (unpaired) electrons. The van der Waals surface area contributed by atoms with Crippen molar-refractivity contribution < 1.29 is 29.4 Å². The number of carboxylic acid groups (broad SMARTS) is 2. The Labute approximate surface area is 121 Å². The molecule has 118 valence electrons. The fourth-order valence-electron chi connectivity index (χ4n) is 2.01. The minimum Gasteiger partial charge on any atom is -0.480 e. The van der Waals surface area contributed by atoms with Crippen LogP contribution in [-0.4, -0.2) is 94.5 Å². The summed E-state index contributed by atoms with van der Waals surface area (Å²) >= 11 is 0. The molecule has 1 fully saturated rings. The Hall–Kier alpha value is -2.16. The van der Waals surface area contributed by atoms with E-state index in [4.69, 9.17) is 10.2 Å². The fourth-order valence-corrected chi connectivity index (χ4v) is 2.01. The third-order valence-electron chi connectivity index (χ3n) is 3.16. The van der Waals surface area contributed by atoms with E-state index >= 15 is 0 Å². The zero-order chi connectivity index (χ0) is 16.0. The van der Waals surface area contributed by atoms with E-state index in [0.717, 1.165) is 0 Å². The van der Waals surface area contributed by atoms with Crippen molar-refractivity contribution >= 4 is 23.8 Å². The Bertz CT molecular complexity index is 439. The maximum absolute atomic E-state index is 12.0. The number of carbonyl (C=O) groups is 4. The molecule has 1 aliphatic heterocycles. The first-order chi connectivity index (χ1) is 9.83. The van der Waals surface area contributed by atoms with Crippen molar-refractivity contribution in [1.29, 1.82) is 0 Å². The van der Waals surface area contributed by atoms with E-state index in [-0.39, 0.29) is 45.2 Å². The predicted octanol–water partition coefficient (Wildman–Crippen LogP) is -1.85. The number of amides is 2. The van der Waals surface area contributed by atoms with E-state index in [9.17, 15) is 19.2 Å². The quantitative estimate of drug-likeness (QED) is 0.566. The molecule has 0 saturated carbocycles. The molecule has 0 aromatic heterocycles. The molecule has 1 saturated heterocycles. The summed E-state index contributed by atoms with van der Waals surface area (Å²) in [6, 6.07) is 0. The maximum Gasteiger partial charge on any atom is 0.323 e. The van der Waals surface area contributed by atoms with Crippen molar-refractivity contribution in [3.63, 3.8) is 0 Å². The number of hydrogen-bond acceptors (Lipinski definition) is 5. The summed E-state index contributed by atoms with van der Waals surface area (Å²) in [5.74, 6) is -2.87. The van der Waals surface area contributed by atoms with Gasteiger partial charge in [-0.25, -0.2) is 0 Å². The molecule has 0 aromatic carbocycles. The van der Waals surface area contributed by atoms with Gasteiger partial charge in [0.05, 0.1) is 19.6 Å². The summed E-state index contributed by atoms with van der Waals surface area (Å²) in [6.07, 6.45) is 0. The van der Waals surface area contributed by atoms with Crippen molar-refractivity contribution in [1.82, 2.24) is 14.7 Å². The Kier molecular flexibility index (Phi) is 6.10. The molecule has 1 aliphatic rings. The normalized spacial score (nSPS) is 15.4. The summed E-state index contributed by atoms with van der Waals surface area (Å²) in [4.78, 5) is 48.9. The first-order valence-electron chi connectivity index (χ1n) is 6.55. The second-order valence-corrected chi connectivity index (χ2v) is 4.72. The molecule has 9 heteroatoms. The summed E-state index contributed by atoms with van der Waals surface area (Å²) in [5.41, 5.74) is 0. The summed E-state index contributed by atoms with van der Waals surface area (Å²) in [7, 11) is 0. The molecule has 0 unspecified atom stereocenters. The molecule has 1 heterocycles. The average molecular weight is 301 g/mol. The van der Waals surface area contributed by atoms with Gasteiger partial charge in [0.25, 0.3) is 0 Å². The van der Waals surface area contributed by atoms with Crippen LogP contribution in [0.5, 0.6) is 0 Å². The largest absolute Gasteiger partial charge is 0.480 e. The van der Waals surface area contributed by atoms with Gasteiger partial charge >= 0.3 is 11.9 Å². The molecule has 2 amide bonds. The van der Waals surface area contributed by atoms with Crippen molar-refractivity contribution in [2.75, 3.05) is 45.8 Å². The second kappa shape index (κ2) is 7.58. The summed E-state index contributed by atoms with van der Waals surface area (Å²) in [6.45, 7) is 1.71. The third-order valence-corrected chi connectivity index (χ3v) is 3.16. The van der Waals surface area contributed by atoms with E-state index in [1.165, 1.54) is 14.7 Å². The van der Waals surface area contributed by atoms with Gasteiger partial charge in [-0.05, 0) is 6.54 Å². The minimum atomic E-state index is -1.10. The number of carboxylic acids is 2. The first kappa shape index (κ1) is 16.9. The standard InChI is InChI=1S/C12H19N3O6/c1-2-13(7-11(18)19)5-9(16)14-3-4-15(8-12(20)21)10(17)6-14/h2-8H2,1H3,(H,18,19)(H,20,21). The third kappa shape index (κ3) is 5.38. The average Bonchev–Trinajstić information content (AvgIpc) is 2.39. The van der Waals surface area contributed by atoms with E-state index in [2.05, 4.69) is 0 Å². The molecule has 1 rings (SSSR count). The molecule has 9 nitrogen and oxygen atoms in total. The molecule has 21 heavy (non-hydrogen) atoms. The van der Waals surface area contributed by atoms with Crippen molar-refractivity contribution in [3.8, 4) is 0 Å². The summed E-state index contributed by atoms with van der Waals surface area (Å²) < 4.78 is 0. The van der Waals surface area contributed by atoms with Crippen LogP contribution in [0.3, 0.4) is 0 Å². The second-order valence-electron chi connectivity index (χ2n) is 4.72. The maximum atomic E-state index is 12.0. The van der Waals surface area contributed by atoms with Crippen LogP contribution in [0, 0.1) is 0 Å². The van der Waals surface area contributed by atoms with Crippen LogP contribution in [0.2, 0.25) is 0 Å².